The number of aromatic hydroxyl groups is 1. The van der Waals surface area contributed by atoms with Gasteiger partial charge < -0.3 is 5.11 Å². The number of rotatable bonds is 5. The molecule has 2 aromatic rings. The summed E-state index contributed by atoms with van der Waals surface area (Å²) in [5, 5.41) is 9.73. The smallest absolute Gasteiger partial charge is 0.124 e. The minimum Gasteiger partial charge on any atom is -0.507 e. The number of phenolic OH excluding ortho intramolecular Hbond substituents is 1. The summed E-state index contributed by atoms with van der Waals surface area (Å²) in [4.78, 5) is 4.53. The zero-order chi connectivity index (χ0) is 13.5. The molecule has 2 rings (SSSR count). The molecular weight excluding hydrogens is 234 g/mol. The molecule has 0 unspecified atom stereocenters. The second kappa shape index (κ2) is 6.74. The van der Waals surface area contributed by atoms with Gasteiger partial charge in [-0.3, -0.25) is 4.99 Å². The molecule has 0 saturated carbocycles. The minimum atomic E-state index is 0.298. The van der Waals surface area contributed by atoms with Crippen molar-refractivity contribution in [3.63, 3.8) is 0 Å². The molecule has 0 aliphatic carbocycles. The predicted octanol–water partition coefficient (Wildman–Crippen LogP) is 3.83. The van der Waals surface area contributed by atoms with Crippen LogP contribution in [-0.4, -0.2) is 17.4 Å². The fraction of sp³-hybridized carbons (Fsp3) is 0.235. The van der Waals surface area contributed by atoms with E-state index in [-0.39, 0.29) is 0 Å². The Labute approximate surface area is 114 Å². The second-order valence-electron chi connectivity index (χ2n) is 4.57. The molecule has 98 valence electrons. The molecule has 0 heterocycles. The number of phenols is 1. The van der Waals surface area contributed by atoms with Gasteiger partial charge in [-0.15, -0.1) is 0 Å². The Morgan fingerprint density at radius 2 is 1.68 bits per heavy atom. The van der Waals surface area contributed by atoms with E-state index < -0.39 is 0 Å². The highest BCUT2D eigenvalue weighted by atomic mass is 16.3. The average Bonchev–Trinajstić information content (AvgIpc) is 2.45. The first-order valence-electron chi connectivity index (χ1n) is 6.61. The lowest BCUT2D eigenvalue weighted by Gasteiger charge is -2.04. The molecule has 1 N–H and O–H groups in total. The maximum Gasteiger partial charge on any atom is 0.124 e. The molecule has 0 aliphatic rings. The molecule has 0 atom stereocenters. The normalized spacial score (nSPS) is 11.5. The van der Waals surface area contributed by atoms with Gasteiger partial charge in [-0.25, -0.2) is 0 Å². The Morgan fingerprint density at radius 3 is 2.42 bits per heavy atom. The van der Waals surface area contributed by atoms with Crippen LogP contribution in [-0.2, 0) is 6.42 Å². The van der Waals surface area contributed by atoms with Crippen molar-refractivity contribution in [1.29, 1.82) is 0 Å². The van der Waals surface area contributed by atoms with Crippen LogP contribution in [0.15, 0.2) is 59.6 Å². The van der Waals surface area contributed by atoms with E-state index >= 15 is 0 Å². The van der Waals surface area contributed by atoms with Gasteiger partial charge in [-0.05, 0) is 37.5 Å². The minimum absolute atomic E-state index is 0.298. The van der Waals surface area contributed by atoms with Gasteiger partial charge in [0.25, 0.3) is 0 Å². The first kappa shape index (κ1) is 13.3. The molecule has 0 saturated heterocycles. The Kier molecular flexibility index (Phi) is 4.73. The van der Waals surface area contributed by atoms with Crippen molar-refractivity contribution in [2.75, 3.05) is 6.54 Å². The van der Waals surface area contributed by atoms with E-state index in [1.165, 1.54) is 5.56 Å². The van der Waals surface area contributed by atoms with Crippen molar-refractivity contribution in [2.24, 2.45) is 4.99 Å². The number of benzene rings is 2. The summed E-state index contributed by atoms with van der Waals surface area (Å²) in [7, 11) is 0. The van der Waals surface area contributed by atoms with Crippen LogP contribution >= 0.6 is 0 Å². The Bertz CT molecular complexity index is 546. The van der Waals surface area contributed by atoms with E-state index in [1.807, 2.05) is 31.2 Å². The topological polar surface area (TPSA) is 32.6 Å². The first-order chi connectivity index (χ1) is 9.27. The molecule has 2 nitrogen and oxygen atoms in total. The van der Waals surface area contributed by atoms with Crippen molar-refractivity contribution in [2.45, 2.75) is 19.8 Å². The van der Waals surface area contributed by atoms with E-state index in [2.05, 4.69) is 29.3 Å². The van der Waals surface area contributed by atoms with Crippen molar-refractivity contribution in [3.8, 4) is 5.75 Å². The van der Waals surface area contributed by atoms with Gasteiger partial charge >= 0.3 is 0 Å². The third-order valence-electron chi connectivity index (χ3n) is 3.11. The molecular formula is C17H19NO. The molecule has 2 aromatic carbocycles. The molecule has 2 heteroatoms. The largest absolute Gasteiger partial charge is 0.507 e. The summed E-state index contributed by atoms with van der Waals surface area (Å²) in [5.41, 5.74) is 3.06. The molecule has 0 bridgehead atoms. The monoisotopic (exact) mass is 253 g/mol. The Balaban J connectivity index is 1.88. The molecule has 0 aliphatic heterocycles. The number of hydrogen-bond donors (Lipinski definition) is 1. The lowest BCUT2D eigenvalue weighted by Crippen LogP contribution is -1.97. The second-order valence-corrected chi connectivity index (χ2v) is 4.57. The summed E-state index contributed by atoms with van der Waals surface area (Å²) in [6.07, 6.45) is 2.06. The van der Waals surface area contributed by atoms with Gasteiger partial charge in [0.1, 0.15) is 5.75 Å². The third-order valence-corrected chi connectivity index (χ3v) is 3.11. The van der Waals surface area contributed by atoms with Gasteiger partial charge in [0, 0.05) is 17.8 Å². The number of aliphatic imine (C=N–C) groups is 1. The summed E-state index contributed by atoms with van der Waals surface area (Å²) < 4.78 is 0. The average molecular weight is 253 g/mol. The van der Waals surface area contributed by atoms with Crippen LogP contribution in [0.25, 0.3) is 0 Å². The number of hydrogen-bond acceptors (Lipinski definition) is 2. The highest BCUT2D eigenvalue weighted by Gasteiger charge is 2.02. The van der Waals surface area contributed by atoms with Crippen LogP contribution in [0.2, 0.25) is 0 Å². The number of para-hydroxylation sites is 1. The van der Waals surface area contributed by atoms with Crippen molar-refractivity contribution < 1.29 is 5.11 Å². The highest BCUT2D eigenvalue weighted by molar-refractivity contribution is 6.00. The summed E-state index contributed by atoms with van der Waals surface area (Å²) in [6, 6.07) is 17.8. The van der Waals surface area contributed by atoms with Gasteiger partial charge in [0.2, 0.25) is 0 Å². The highest BCUT2D eigenvalue weighted by Crippen LogP contribution is 2.16. The maximum atomic E-state index is 9.73. The van der Waals surface area contributed by atoms with Gasteiger partial charge in [0.05, 0.1) is 0 Å². The Morgan fingerprint density at radius 1 is 1.00 bits per heavy atom. The summed E-state index contributed by atoms with van der Waals surface area (Å²) in [6.45, 7) is 2.73. The SMILES string of the molecule is CC(=NCCCc1ccccc1)c1ccccc1O. The van der Waals surface area contributed by atoms with E-state index in [9.17, 15) is 5.11 Å². The van der Waals surface area contributed by atoms with Crippen LogP contribution in [0.1, 0.15) is 24.5 Å². The van der Waals surface area contributed by atoms with E-state index in [1.54, 1.807) is 6.07 Å². The number of nitrogens with zero attached hydrogens (tertiary/aromatic N) is 1. The van der Waals surface area contributed by atoms with E-state index in [4.69, 9.17) is 0 Å². The lowest BCUT2D eigenvalue weighted by atomic mass is 10.1. The van der Waals surface area contributed by atoms with Crippen LogP contribution in [0, 0.1) is 0 Å². The zero-order valence-corrected chi connectivity index (χ0v) is 11.2. The molecule has 19 heavy (non-hydrogen) atoms. The lowest BCUT2D eigenvalue weighted by molar-refractivity contribution is 0.474. The quantitative estimate of drug-likeness (QED) is 0.637. The zero-order valence-electron chi connectivity index (χ0n) is 11.2. The Hall–Kier alpha value is -2.09. The molecule has 0 amide bonds. The van der Waals surface area contributed by atoms with Gasteiger partial charge in [-0.1, -0.05) is 42.5 Å². The molecule has 0 spiro atoms. The van der Waals surface area contributed by atoms with E-state index in [0.29, 0.717) is 5.75 Å². The fourth-order valence-corrected chi connectivity index (χ4v) is 2.04. The van der Waals surface area contributed by atoms with Crippen LogP contribution in [0.4, 0.5) is 0 Å². The summed E-state index contributed by atoms with van der Waals surface area (Å²) >= 11 is 0. The van der Waals surface area contributed by atoms with Crippen molar-refractivity contribution in [1.82, 2.24) is 0 Å². The van der Waals surface area contributed by atoms with Gasteiger partial charge in [-0.2, -0.15) is 0 Å². The van der Waals surface area contributed by atoms with Crippen LogP contribution in [0.3, 0.4) is 0 Å². The van der Waals surface area contributed by atoms with Crippen LogP contribution in [0.5, 0.6) is 5.75 Å². The first-order valence-corrected chi connectivity index (χ1v) is 6.61. The maximum absolute atomic E-state index is 9.73. The standard InChI is InChI=1S/C17H19NO/c1-14(16-11-5-6-12-17(16)19)18-13-7-10-15-8-3-2-4-9-15/h2-6,8-9,11-12,19H,7,10,13H2,1H3. The summed E-state index contributed by atoms with van der Waals surface area (Å²) in [5.74, 6) is 0.298. The van der Waals surface area contributed by atoms with Crippen molar-refractivity contribution >= 4 is 5.71 Å². The number of aryl methyl sites for hydroxylation is 1. The fourth-order valence-electron chi connectivity index (χ4n) is 2.04. The van der Waals surface area contributed by atoms with Crippen LogP contribution < -0.4 is 0 Å². The van der Waals surface area contributed by atoms with Crippen molar-refractivity contribution in [3.05, 3.63) is 65.7 Å². The molecule has 0 fully saturated rings. The molecule has 0 aromatic heterocycles. The third kappa shape index (κ3) is 3.95. The predicted molar refractivity (Wildman–Crippen MR) is 79.9 cm³/mol. The van der Waals surface area contributed by atoms with E-state index in [0.717, 1.165) is 30.7 Å². The molecule has 0 radical (unpaired) electrons. The van der Waals surface area contributed by atoms with Gasteiger partial charge in [0.15, 0.2) is 0 Å².